The molecule has 2 heterocycles. The van der Waals surface area contributed by atoms with Crippen molar-refractivity contribution in [2.75, 3.05) is 13.3 Å². The van der Waals surface area contributed by atoms with Crippen molar-refractivity contribution in [3.05, 3.63) is 188 Å². The van der Waals surface area contributed by atoms with Crippen LogP contribution in [0.25, 0.3) is 93.7 Å². The van der Waals surface area contributed by atoms with Crippen LogP contribution in [0.1, 0.15) is 0 Å². The van der Waals surface area contributed by atoms with Crippen LogP contribution in [-0.2, 0) is 4.57 Å². The van der Waals surface area contributed by atoms with Gasteiger partial charge in [-0.2, -0.15) is 5.10 Å². The number of pyridine rings is 1. The van der Waals surface area contributed by atoms with Gasteiger partial charge >= 0.3 is 0 Å². The van der Waals surface area contributed by atoms with Crippen LogP contribution < -0.4 is 5.30 Å². The Morgan fingerprint density at radius 1 is 0.418 bits per heavy atom. The van der Waals surface area contributed by atoms with Gasteiger partial charge in [0.05, 0.1) is 11.2 Å². The Bertz CT molecular complexity index is 3050. The molecule has 10 rings (SSSR count). The molecular formula is C51H37N2OP. The lowest BCUT2D eigenvalue weighted by Gasteiger charge is -2.19. The van der Waals surface area contributed by atoms with Gasteiger partial charge in [-0.25, -0.2) is 4.52 Å². The van der Waals surface area contributed by atoms with Crippen molar-refractivity contribution in [2.45, 2.75) is 0 Å². The third kappa shape index (κ3) is 5.59. The Morgan fingerprint density at radius 2 is 0.891 bits per heavy atom. The second-order valence-corrected chi connectivity index (χ2v) is 17.8. The van der Waals surface area contributed by atoms with Crippen LogP contribution in [0.2, 0.25) is 0 Å². The summed E-state index contributed by atoms with van der Waals surface area (Å²) in [5.41, 5.74) is 12.1. The van der Waals surface area contributed by atoms with Gasteiger partial charge in [0.1, 0.15) is 12.8 Å². The highest BCUT2D eigenvalue weighted by Crippen LogP contribution is 2.46. The lowest BCUT2D eigenvalue weighted by Crippen LogP contribution is -2.08. The van der Waals surface area contributed by atoms with E-state index >= 15 is 0 Å². The number of fused-ring (bicyclic) bond motifs is 5. The Kier molecular flexibility index (Phi) is 7.87. The Hall–Kier alpha value is -6.54. The lowest BCUT2D eigenvalue weighted by atomic mass is 9.90. The molecule has 0 atom stereocenters. The van der Waals surface area contributed by atoms with E-state index in [1.807, 2.05) is 13.3 Å². The molecular weight excluding hydrogens is 688 g/mol. The first-order valence-electron chi connectivity index (χ1n) is 18.7. The highest BCUT2D eigenvalue weighted by Gasteiger charge is 2.24. The van der Waals surface area contributed by atoms with Crippen molar-refractivity contribution >= 4 is 50.3 Å². The summed E-state index contributed by atoms with van der Waals surface area (Å²) in [6.07, 6.45) is 0. The summed E-state index contributed by atoms with van der Waals surface area (Å²) in [7, 11) is -2.57. The third-order valence-corrected chi connectivity index (χ3v) is 12.4. The monoisotopic (exact) mass is 724 g/mol. The number of nitrogens with zero attached hydrogens (tertiary/aromatic N) is 2. The largest absolute Gasteiger partial charge is 0.319 e. The quantitative estimate of drug-likeness (QED) is 0.126. The lowest BCUT2D eigenvalue weighted by molar-refractivity contribution is 0.588. The predicted octanol–water partition coefficient (Wildman–Crippen LogP) is 13.4. The molecule has 0 radical (unpaired) electrons. The second-order valence-electron chi connectivity index (χ2n) is 14.7. The Labute approximate surface area is 320 Å². The van der Waals surface area contributed by atoms with Gasteiger partial charge in [-0.15, -0.1) is 0 Å². The molecule has 3 nitrogen and oxygen atoms in total. The molecule has 0 bridgehead atoms. The van der Waals surface area contributed by atoms with E-state index in [1.54, 1.807) is 0 Å². The summed E-state index contributed by atoms with van der Waals surface area (Å²) in [6, 6.07) is 66.6. The minimum absolute atomic E-state index is 0.958. The average molecular weight is 725 g/mol. The van der Waals surface area contributed by atoms with Gasteiger partial charge in [0, 0.05) is 27.4 Å². The van der Waals surface area contributed by atoms with E-state index in [-0.39, 0.29) is 0 Å². The van der Waals surface area contributed by atoms with Crippen molar-refractivity contribution in [3.63, 3.8) is 0 Å². The first-order chi connectivity index (χ1) is 26.9. The van der Waals surface area contributed by atoms with E-state index < -0.39 is 7.14 Å². The highest BCUT2D eigenvalue weighted by atomic mass is 31.2. The van der Waals surface area contributed by atoms with E-state index in [4.69, 9.17) is 5.10 Å². The number of rotatable bonds is 6. The normalized spacial score (nSPS) is 11.9. The van der Waals surface area contributed by atoms with Gasteiger partial charge in [0.2, 0.25) is 0 Å². The summed E-state index contributed by atoms with van der Waals surface area (Å²) in [5.74, 6) is 0. The minimum Gasteiger partial charge on any atom is -0.319 e. The van der Waals surface area contributed by atoms with Gasteiger partial charge in [0.15, 0.2) is 0 Å². The van der Waals surface area contributed by atoms with Gasteiger partial charge in [-0.3, -0.25) is 0 Å². The zero-order valence-electron chi connectivity index (χ0n) is 30.6. The zero-order valence-corrected chi connectivity index (χ0v) is 31.5. The molecule has 4 heteroatoms. The molecule has 0 aliphatic carbocycles. The van der Waals surface area contributed by atoms with Crippen LogP contribution in [0.4, 0.5) is 0 Å². The van der Waals surface area contributed by atoms with Crippen LogP contribution in [0.15, 0.2) is 188 Å². The molecule has 0 spiro atoms. The standard InChI is InChI=1S/C51H37N2OP/c1-55(2,54)51-43-24-14-12-22-41(43)47(42-23-13-15-25-44(42)51)37-28-26-34(27-29-37)39-30-31-40-33-46(35-16-6-3-7-17-35)53-50(45(40)32-39)48(36-18-8-4-9-19-36)49(52-53)38-20-10-5-11-21-38/h3-33H,1-2H3. The summed E-state index contributed by atoms with van der Waals surface area (Å²) in [6.45, 7) is 3.76. The molecule has 0 aliphatic heterocycles. The fraction of sp³-hybridized carbons (Fsp3) is 0.0392. The average Bonchev–Trinajstić information content (AvgIpc) is 3.64. The molecule has 0 saturated heterocycles. The topological polar surface area (TPSA) is 34.4 Å². The number of hydrogen-bond donors (Lipinski definition) is 0. The van der Waals surface area contributed by atoms with Gasteiger partial charge in [-0.1, -0.05) is 176 Å². The van der Waals surface area contributed by atoms with Gasteiger partial charge < -0.3 is 4.57 Å². The molecule has 262 valence electrons. The summed E-state index contributed by atoms with van der Waals surface area (Å²) < 4.78 is 15.9. The summed E-state index contributed by atoms with van der Waals surface area (Å²) in [5, 5.41) is 13.0. The number of benzene rings is 8. The first kappa shape index (κ1) is 33.1. The maximum absolute atomic E-state index is 13.7. The fourth-order valence-corrected chi connectivity index (χ4v) is 9.98. The van der Waals surface area contributed by atoms with Crippen molar-refractivity contribution in [1.82, 2.24) is 9.61 Å². The minimum atomic E-state index is -2.57. The van der Waals surface area contributed by atoms with Crippen LogP contribution in [0.5, 0.6) is 0 Å². The first-order valence-corrected chi connectivity index (χ1v) is 21.3. The smallest absolute Gasteiger partial charge is 0.111 e. The SMILES string of the molecule is CP(C)(=O)c1c2ccccc2c(-c2ccc(-c3ccc4cc(-c5ccccc5)n5nc(-c6ccccc6)c(-c6ccccc6)c5c4c3)cc2)c2ccccc12. The summed E-state index contributed by atoms with van der Waals surface area (Å²) >= 11 is 0. The van der Waals surface area contributed by atoms with E-state index in [0.29, 0.717) is 0 Å². The van der Waals surface area contributed by atoms with E-state index in [2.05, 4.69) is 193 Å². The van der Waals surface area contributed by atoms with Crippen molar-refractivity contribution < 1.29 is 4.57 Å². The molecule has 10 aromatic rings. The predicted molar refractivity (Wildman–Crippen MR) is 234 cm³/mol. The molecule has 0 amide bonds. The number of hydrogen-bond acceptors (Lipinski definition) is 2. The van der Waals surface area contributed by atoms with Crippen LogP contribution >= 0.6 is 7.14 Å². The van der Waals surface area contributed by atoms with Crippen molar-refractivity contribution in [3.8, 4) is 55.9 Å². The van der Waals surface area contributed by atoms with Crippen LogP contribution in [0, 0.1) is 0 Å². The molecule has 8 aromatic carbocycles. The molecule has 0 fully saturated rings. The third-order valence-electron chi connectivity index (χ3n) is 10.8. The van der Waals surface area contributed by atoms with Crippen LogP contribution in [0.3, 0.4) is 0 Å². The van der Waals surface area contributed by atoms with E-state index in [9.17, 15) is 4.57 Å². The van der Waals surface area contributed by atoms with E-state index in [0.717, 1.165) is 93.5 Å². The molecule has 0 unspecified atom stereocenters. The fourth-order valence-electron chi connectivity index (χ4n) is 8.43. The molecule has 0 aliphatic rings. The Balaban J connectivity index is 1.19. The summed E-state index contributed by atoms with van der Waals surface area (Å²) in [4.78, 5) is 0. The van der Waals surface area contributed by atoms with Gasteiger partial charge in [0.25, 0.3) is 0 Å². The maximum atomic E-state index is 13.7. The maximum Gasteiger partial charge on any atom is 0.111 e. The zero-order chi connectivity index (χ0) is 37.1. The second kappa shape index (κ2) is 13.1. The van der Waals surface area contributed by atoms with Crippen molar-refractivity contribution in [1.29, 1.82) is 0 Å². The van der Waals surface area contributed by atoms with E-state index in [1.165, 1.54) is 5.56 Å². The van der Waals surface area contributed by atoms with Gasteiger partial charge in [-0.05, 0) is 80.2 Å². The van der Waals surface area contributed by atoms with Crippen LogP contribution in [-0.4, -0.2) is 22.9 Å². The van der Waals surface area contributed by atoms with Crippen molar-refractivity contribution in [2.24, 2.45) is 0 Å². The highest BCUT2D eigenvalue weighted by molar-refractivity contribution is 7.71. The molecule has 0 saturated carbocycles. The molecule has 2 aromatic heterocycles. The molecule has 55 heavy (non-hydrogen) atoms. The molecule has 0 N–H and O–H groups in total. The Morgan fingerprint density at radius 3 is 1.47 bits per heavy atom. The number of aromatic nitrogens is 2.